The molecule has 3 N–H and O–H groups in total. The smallest absolute Gasteiger partial charge is 0.148 e. The molecule has 2 aliphatic carbocycles. The quantitative estimate of drug-likeness (QED) is 0.691. The predicted molar refractivity (Wildman–Crippen MR) is 88.1 cm³/mol. The van der Waals surface area contributed by atoms with Gasteiger partial charge < -0.3 is 5.73 Å². The van der Waals surface area contributed by atoms with Crippen molar-refractivity contribution in [2.45, 2.75) is 43.9 Å². The molecule has 23 heavy (non-hydrogen) atoms. The molecule has 0 bridgehead atoms. The highest BCUT2D eigenvalue weighted by Gasteiger charge is 2.34. The van der Waals surface area contributed by atoms with Crippen LogP contribution in [-0.2, 0) is 12.8 Å². The first kappa shape index (κ1) is 13.2. The van der Waals surface area contributed by atoms with Crippen LogP contribution < -0.4 is 11.3 Å². The van der Waals surface area contributed by atoms with Crippen LogP contribution in [0.3, 0.4) is 0 Å². The number of aromatic nitrogens is 5. The Bertz CT molecular complexity index is 907. The van der Waals surface area contributed by atoms with Crippen molar-refractivity contribution in [1.82, 2.24) is 24.6 Å². The minimum Gasteiger partial charge on any atom is -0.382 e. The monoisotopic (exact) mass is 304 g/mol. The minimum absolute atomic E-state index is 0.337. The molecule has 0 aromatic carbocycles. The molecule has 0 spiro atoms. The van der Waals surface area contributed by atoms with Crippen LogP contribution in [0.15, 0.2) is 12.4 Å². The second-order valence-electron chi connectivity index (χ2n) is 6.67. The molecule has 1 atom stereocenters. The van der Waals surface area contributed by atoms with Gasteiger partial charge in [0.15, 0.2) is 0 Å². The molecule has 1 fully saturated rings. The van der Waals surface area contributed by atoms with Gasteiger partial charge in [0.2, 0.25) is 0 Å². The first-order valence-electron chi connectivity index (χ1n) is 8.16. The Kier molecular flexibility index (Phi) is 2.63. The van der Waals surface area contributed by atoms with Crippen LogP contribution in [0.25, 0.3) is 5.52 Å². The van der Waals surface area contributed by atoms with Crippen molar-refractivity contribution in [3.05, 3.63) is 35.2 Å². The van der Waals surface area contributed by atoms with Gasteiger partial charge in [-0.25, -0.2) is 9.97 Å². The SMILES string of the molecule is [B]c1nc(C2CCc3[nH]nc(C4CC4)c3C2)n2ccnc(N)c12. The van der Waals surface area contributed by atoms with E-state index in [1.165, 1.54) is 29.8 Å². The summed E-state index contributed by atoms with van der Waals surface area (Å²) in [4.78, 5) is 8.73. The standard InChI is InChI=1S/C16H17BN6/c17-14-13-15(18)19-5-6-23(13)16(20-14)9-3-4-11-10(7-9)12(22-21-11)8-1-2-8/h5-6,8-9H,1-4,7H2,(H2,18,19)(H,21,22). The van der Waals surface area contributed by atoms with E-state index in [1.807, 2.05) is 10.6 Å². The van der Waals surface area contributed by atoms with Gasteiger partial charge in [-0.2, -0.15) is 5.10 Å². The van der Waals surface area contributed by atoms with Crippen LogP contribution in [0.2, 0.25) is 0 Å². The number of nitrogen functional groups attached to an aromatic ring is 1. The number of hydrogen-bond acceptors (Lipinski definition) is 4. The molecule has 2 radical (unpaired) electrons. The van der Waals surface area contributed by atoms with E-state index < -0.39 is 0 Å². The number of nitrogens with zero attached hydrogens (tertiary/aromatic N) is 4. The van der Waals surface area contributed by atoms with Crippen molar-refractivity contribution in [3.63, 3.8) is 0 Å². The van der Waals surface area contributed by atoms with Crippen LogP contribution >= 0.6 is 0 Å². The molecule has 3 aromatic heterocycles. The molecule has 5 rings (SSSR count). The van der Waals surface area contributed by atoms with Crippen molar-refractivity contribution in [3.8, 4) is 0 Å². The van der Waals surface area contributed by atoms with Crippen molar-refractivity contribution in [2.24, 2.45) is 0 Å². The number of H-pyrrole nitrogens is 1. The van der Waals surface area contributed by atoms with Gasteiger partial charge in [-0.3, -0.25) is 9.50 Å². The van der Waals surface area contributed by atoms with E-state index in [9.17, 15) is 0 Å². The summed E-state index contributed by atoms with van der Waals surface area (Å²) >= 11 is 0. The zero-order chi connectivity index (χ0) is 15.6. The van der Waals surface area contributed by atoms with Gasteiger partial charge in [-0.1, -0.05) is 0 Å². The lowest BCUT2D eigenvalue weighted by Crippen LogP contribution is -2.16. The lowest BCUT2D eigenvalue weighted by molar-refractivity contribution is 0.547. The fourth-order valence-corrected chi connectivity index (χ4v) is 3.84. The van der Waals surface area contributed by atoms with Gasteiger partial charge in [0.1, 0.15) is 19.5 Å². The van der Waals surface area contributed by atoms with Crippen LogP contribution in [-0.4, -0.2) is 32.4 Å². The zero-order valence-corrected chi connectivity index (χ0v) is 12.8. The van der Waals surface area contributed by atoms with Gasteiger partial charge in [0.05, 0.1) is 11.2 Å². The van der Waals surface area contributed by atoms with E-state index in [2.05, 4.69) is 20.2 Å². The number of imidazole rings is 1. The maximum atomic E-state index is 6.08. The van der Waals surface area contributed by atoms with E-state index in [1.54, 1.807) is 6.20 Å². The summed E-state index contributed by atoms with van der Waals surface area (Å²) in [6.45, 7) is 0. The Morgan fingerprint density at radius 3 is 2.96 bits per heavy atom. The highest BCUT2D eigenvalue weighted by atomic mass is 15.1. The van der Waals surface area contributed by atoms with Gasteiger partial charge in [-0.05, 0) is 37.7 Å². The summed E-state index contributed by atoms with van der Waals surface area (Å²) in [7, 11) is 6.08. The molecular weight excluding hydrogens is 287 g/mol. The lowest BCUT2D eigenvalue weighted by atomic mass is 9.85. The van der Waals surface area contributed by atoms with Gasteiger partial charge in [0, 0.05) is 35.5 Å². The highest BCUT2D eigenvalue weighted by Crippen LogP contribution is 2.44. The number of aryl methyl sites for hydroxylation is 1. The number of nitrogens with one attached hydrogen (secondary N) is 1. The third-order valence-electron chi connectivity index (χ3n) is 5.14. The van der Waals surface area contributed by atoms with Crippen molar-refractivity contribution >= 4 is 24.8 Å². The van der Waals surface area contributed by atoms with Crippen LogP contribution in [0.5, 0.6) is 0 Å². The highest BCUT2D eigenvalue weighted by molar-refractivity contribution is 6.36. The second kappa shape index (κ2) is 4.60. The molecule has 0 aliphatic heterocycles. The Hall–Kier alpha value is -2.31. The molecule has 114 valence electrons. The van der Waals surface area contributed by atoms with Gasteiger partial charge in [0.25, 0.3) is 0 Å². The summed E-state index contributed by atoms with van der Waals surface area (Å²) < 4.78 is 2.00. The molecular formula is C16H17BN6. The molecule has 0 saturated heterocycles. The topological polar surface area (TPSA) is 84.9 Å². The molecule has 0 amide bonds. The largest absolute Gasteiger partial charge is 0.382 e. The van der Waals surface area contributed by atoms with E-state index in [-0.39, 0.29) is 0 Å². The molecule has 1 unspecified atom stereocenters. The average Bonchev–Trinajstić information content (AvgIpc) is 3.21. The fourth-order valence-electron chi connectivity index (χ4n) is 3.84. The number of anilines is 1. The third kappa shape index (κ3) is 1.92. The van der Waals surface area contributed by atoms with E-state index >= 15 is 0 Å². The van der Waals surface area contributed by atoms with Crippen molar-refractivity contribution in [1.29, 1.82) is 0 Å². The molecule has 3 heterocycles. The lowest BCUT2D eigenvalue weighted by Gasteiger charge is -2.21. The molecule has 6 nitrogen and oxygen atoms in total. The first-order valence-corrected chi connectivity index (χ1v) is 8.16. The number of fused-ring (bicyclic) bond motifs is 2. The van der Waals surface area contributed by atoms with E-state index in [0.29, 0.717) is 23.2 Å². The second-order valence-corrected chi connectivity index (χ2v) is 6.67. The zero-order valence-electron chi connectivity index (χ0n) is 12.8. The van der Waals surface area contributed by atoms with Gasteiger partial charge >= 0.3 is 0 Å². The molecule has 1 saturated carbocycles. The average molecular weight is 304 g/mol. The Morgan fingerprint density at radius 2 is 2.13 bits per heavy atom. The molecule has 7 heteroatoms. The normalized spacial score (nSPS) is 20.8. The van der Waals surface area contributed by atoms with Crippen LogP contribution in [0, 0.1) is 0 Å². The fraction of sp³-hybridized carbons (Fsp3) is 0.438. The van der Waals surface area contributed by atoms with E-state index in [4.69, 9.17) is 13.6 Å². The van der Waals surface area contributed by atoms with Crippen LogP contribution in [0.1, 0.15) is 53.9 Å². The molecule has 3 aromatic rings. The summed E-state index contributed by atoms with van der Waals surface area (Å²) in [5.74, 6) is 2.42. The number of hydrogen-bond donors (Lipinski definition) is 2. The maximum Gasteiger partial charge on any atom is 0.148 e. The maximum absolute atomic E-state index is 6.08. The predicted octanol–water partition coefficient (Wildman–Crippen LogP) is 0.978. The minimum atomic E-state index is 0.337. The first-order chi connectivity index (χ1) is 11.2. The Morgan fingerprint density at radius 1 is 1.26 bits per heavy atom. The number of nitrogens with two attached hydrogens (primary N) is 1. The summed E-state index contributed by atoms with van der Waals surface area (Å²) in [5.41, 5.74) is 11.1. The Labute approximate surface area is 134 Å². The Balaban J connectivity index is 1.58. The summed E-state index contributed by atoms with van der Waals surface area (Å²) in [6.07, 6.45) is 9.16. The summed E-state index contributed by atoms with van der Waals surface area (Å²) in [6, 6.07) is 0. The molecule has 2 aliphatic rings. The van der Waals surface area contributed by atoms with Gasteiger partial charge in [-0.15, -0.1) is 0 Å². The van der Waals surface area contributed by atoms with E-state index in [0.717, 1.165) is 30.6 Å². The number of aromatic amines is 1. The number of rotatable bonds is 2. The summed E-state index contributed by atoms with van der Waals surface area (Å²) in [5, 5.41) is 7.80. The van der Waals surface area contributed by atoms with Crippen molar-refractivity contribution < 1.29 is 0 Å². The van der Waals surface area contributed by atoms with Crippen LogP contribution in [0.4, 0.5) is 5.82 Å². The van der Waals surface area contributed by atoms with Crippen molar-refractivity contribution in [2.75, 3.05) is 5.73 Å². The third-order valence-corrected chi connectivity index (χ3v) is 5.14.